The number of nitrogens with two attached hydrogens (primary N) is 1. The van der Waals surface area contributed by atoms with E-state index in [2.05, 4.69) is 16.0 Å². The lowest BCUT2D eigenvalue weighted by atomic mass is 9.96. The Morgan fingerprint density at radius 1 is 1.00 bits per heavy atom. The van der Waals surface area contributed by atoms with E-state index in [1.807, 2.05) is 55.5 Å². The number of hydrogen-bond acceptors (Lipinski definition) is 4. The molecule has 0 unspecified atom stereocenters. The Morgan fingerprint density at radius 3 is 2.45 bits per heavy atom. The van der Waals surface area contributed by atoms with Crippen LogP contribution in [0.2, 0.25) is 0 Å². The topological polar surface area (TPSA) is 75.6 Å². The van der Waals surface area contributed by atoms with Crippen molar-refractivity contribution in [2.75, 3.05) is 5.73 Å². The molecule has 2 aromatic heterocycles. The average molecular weight is 286 g/mol. The molecule has 0 spiro atoms. The fraction of sp³-hybridized carbons (Fsp3) is 0.0556. The van der Waals surface area contributed by atoms with Gasteiger partial charge in [-0.1, -0.05) is 30.3 Å². The number of pyridine rings is 2. The summed E-state index contributed by atoms with van der Waals surface area (Å²) < 4.78 is 0. The summed E-state index contributed by atoms with van der Waals surface area (Å²) in [6, 6.07) is 17.5. The zero-order valence-electron chi connectivity index (χ0n) is 12.1. The lowest BCUT2D eigenvalue weighted by Gasteiger charge is -2.11. The van der Waals surface area contributed by atoms with E-state index >= 15 is 0 Å². The van der Waals surface area contributed by atoms with Crippen molar-refractivity contribution in [3.63, 3.8) is 0 Å². The van der Waals surface area contributed by atoms with Gasteiger partial charge in [-0.05, 0) is 36.2 Å². The lowest BCUT2D eigenvalue weighted by molar-refractivity contribution is 1.24. The molecule has 0 radical (unpaired) electrons. The SMILES string of the molecule is Cc1ccccc1-c1cc(-c2ccccn2)nc(N)c1C#N. The number of nitriles is 1. The highest BCUT2D eigenvalue weighted by atomic mass is 14.9. The van der Waals surface area contributed by atoms with Crippen molar-refractivity contribution < 1.29 is 0 Å². The highest BCUT2D eigenvalue weighted by molar-refractivity contribution is 5.80. The van der Waals surface area contributed by atoms with Crippen LogP contribution < -0.4 is 5.73 Å². The van der Waals surface area contributed by atoms with E-state index < -0.39 is 0 Å². The number of nitrogen functional groups attached to an aromatic ring is 1. The minimum Gasteiger partial charge on any atom is -0.383 e. The van der Waals surface area contributed by atoms with E-state index in [0.29, 0.717) is 11.3 Å². The van der Waals surface area contributed by atoms with Gasteiger partial charge < -0.3 is 5.73 Å². The van der Waals surface area contributed by atoms with Crippen molar-refractivity contribution in [3.05, 3.63) is 65.9 Å². The van der Waals surface area contributed by atoms with Gasteiger partial charge in [-0.2, -0.15) is 5.26 Å². The van der Waals surface area contributed by atoms with Crippen molar-refractivity contribution in [1.82, 2.24) is 9.97 Å². The van der Waals surface area contributed by atoms with E-state index in [0.717, 1.165) is 22.4 Å². The van der Waals surface area contributed by atoms with Crippen LogP contribution in [0.5, 0.6) is 0 Å². The average Bonchev–Trinajstić information content (AvgIpc) is 2.55. The quantitative estimate of drug-likeness (QED) is 0.781. The molecule has 22 heavy (non-hydrogen) atoms. The molecule has 0 bridgehead atoms. The van der Waals surface area contributed by atoms with Crippen LogP contribution in [-0.4, -0.2) is 9.97 Å². The van der Waals surface area contributed by atoms with Gasteiger partial charge in [0.15, 0.2) is 0 Å². The van der Waals surface area contributed by atoms with Gasteiger partial charge in [0.2, 0.25) is 0 Å². The molecule has 0 amide bonds. The second kappa shape index (κ2) is 5.66. The summed E-state index contributed by atoms with van der Waals surface area (Å²) in [7, 11) is 0. The molecule has 1 aromatic carbocycles. The summed E-state index contributed by atoms with van der Waals surface area (Å²) in [6.07, 6.45) is 1.71. The molecule has 2 N–H and O–H groups in total. The Morgan fingerprint density at radius 2 is 1.77 bits per heavy atom. The number of rotatable bonds is 2. The molecule has 0 saturated carbocycles. The molecule has 3 rings (SSSR count). The van der Waals surface area contributed by atoms with Crippen molar-refractivity contribution in [3.8, 4) is 28.6 Å². The first-order valence-corrected chi connectivity index (χ1v) is 6.88. The van der Waals surface area contributed by atoms with E-state index in [1.165, 1.54) is 0 Å². The number of nitrogens with zero attached hydrogens (tertiary/aromatic N) is 3. The molecule has 0 aliphatic carbocycles. The predicted molar refractivity (Wildman–Crippen MR) is 86.8 cm³/mol. The molecule has 0 fully saturated rings. The maximum Gasteiger partial charge on any atom is 0.142 e. The van der Waals surface area contributed by atoms with Crippen LogP contribution >= 0.6 is 0 Å². The monoisotopic (exact) mass is 286 g/mol. The van der Waals surface area contributed by atoms with Crippen molar-refractivity contribution in [1.29, 1.82) is 5.26 Å². The molecule has 4 nitrogen and oxygen atoms in total. The largest absolute Gasteiger partial charge is 0.383 e. The van der Waals surface area contributed by atoms with E-state index in [1.54, 1.807) is 6.20 Å². The Labute approximate surface area is 128 Å². The Bertz CT molecular complexity index is 864. The normalized spacial score (nSPS) is 10.2. The lowest BCUT2D eigenvalue weighted by Crippen LogP contribution is -2.01. The van der Waals surface area contributed by atoms with Gasteiger partial charge in [-0.15, -0.1) is 0 Å². The van der Waals surface area contributed by atoms with Gasteiger partial charge in [0.25, 0.3) is 0 Å². The Kier molecular flexibility index (Phi) is 3.55. The number of aryl methyl sites for hydroxylation is 1. The van der Waals surface area contributed by atoms with Crippen molar-refractivity contribution in [2.45, 2.75) is 6.92 Å². The fourth-order valence-corrected chi connectivity index (χ4v) is 2.42. The summed E-state index contributed by atoms with van der Waals surface area (Å²) in [5.41, 5.74) is 10.6. The van der Waals surface area contributed by atoms with Crippen LogP contribution in [0.3, 0.4) is 0 Å². The fourth-order valence-electron chi connectivity index (χ4n) is 2.42. The molecule has 2 heterocycles. The predicted octanol–water partition coefficient (Wildman–Crippen LogP) is 3.57. The first kappa shape index (κ1) is 13.8. The van der Waals surface area contributed by atoms with Gasteiger partial charge in [0.05, 0.1) is 11.4 Å². The Balaban J connectivity index is 2.28. The molecule has 0 aliphatic rings. The minimum absolute atomic E-state index is 0.226. The molecule has 0 atom stereocenters. The highest BCUT2D eigenvalue weighted by Gasteiger charge is 2.14. The number of aromatic nitrogens is 2. The molecular formula is C18H14N4. The molecule has 3 aromatic rings. The first-order valence-electron chi connectivity index (χ1n) is 6.88. The van der Waals surface area contributed by atoms with Gasteiger partial charge in [-0.25, -0.2) is 4.98 Å². The number of anilines is 1. The summed E-state index contributed by atoms with van der Waals surface area (Å²) in [6.45, 7) is 2.01. The van der Waals surface area contributed by atoms with Crippen LogP contribution in [0.25, 0.3) is 22.5 Å². The zero-order valence-corrected chi connectivity index (χ0v) is 12.1. The van der Waals surface area contributed by atoms with Crippen LogP contribution in [0, 0.1) is 18.3 Å². The van der Waals surface area contributed by atoms with Crippen LogP contribution in [0.4, 0.5) is 5.82 Å². The Hall–Kier alpha value is -3.19. The van der Waals surface area contributed by atoms with Crippen molar-refractivity contribution >= 4 is 5.82 Å². The first-order chi connectivity index (χ1) is 10.7. The molecule has 4 heteroatoms. The maximum absolute atomic E-state index is 9.43. The van der Waals surface area contributed by atoms with E-state index in [9.17, 15) is 5.26 Å². The van der Waals surface area contributed by atoms with Crippen molar-refractivity contribution in [2.24, 2.45) is 0 Å². The second-order valence-electron chi connectivity index (χ2n) is 4.96. The molecule has 106 valence electrons. The second-order valence-corrected chi connectivity index (χ2v) is 4.96. The van der Waals surface area contributed by atoms with Gasteiger partial charge in [-0.3, -0.25) is 4.98 Å². The number of benzene rings is 1. The number of hydrogen-bond donors (Lipinski definition) is 1. The van der Waals surface area contributed by atoms with Crippen LogP contribution in [-0.2, 0) is 0 Å². The van der Waals surface area contributed by atoms with Crippen LogP contribution in [0.1, 0.15) is 11.1 Å². The summed E-state index contributed by atoms with van der Waals surface area (Å²) in [4.78, 5) is 8.62. The molecule has 0 aliphatic heterocycles. The minimum atomic E-state index is 0.226. The maximum atomic E-state index is 9.43. The third kappa shape index (κ3) is 2.40. The van der Waals surface area contributed by atoms with Crippen LogP contribution in [0.15, 0.2) is 54.7 Å². The summed E-state index contributed by atoms with van der Waals surface area (Å²) in [5.74, 6) is 0.226. The van der Waals surface area contributed by atoms with Gasteiger partial charge >= 0.3 is 0 Å². The van der Waals surface area contributed by atoms with Gasteiger partial charge in [0, 0.05) is 11.8 Å². The summed E-state index contributed by atoms with van der Waals surface area (Å²) >= 11 is 0. The van der Waals surface area contributed by atoms with Gasteiger partial charge in [0.1, 0.15) is 17.5 Å². The zero-order chi connectivity index (χ0) is 15.5. The highest BCUT2D eigenvalue weighted by Crippen LogP contribution is 2.32. The molecular weight excluding hydrogens is 272 g/mol. The summed E-state index contributed by atoms with van der Waals surface area (Å²) in [5, 5.41) is 9.43. The third-order valence-corrected chi connectivity index (χ3v) is 3.52. The third-order valence-electron chi connectivity index (χ3n) is 3.52. The molecule has 0 saturated heterocycles. The standard InChI is InChI=1S/C18H14N4/c1-12-6-2-3-7-13(12)14-10-17(16-8-4-5-9-21-16)22-18(20)15(14)11-19/h2-10H,1H3,(H2,20,22). The smallest absolute Gasteiger partial charge is 0.142 e. The van der Waals surface area contributed by atoms with E-state index in [4.69, 9.17) is 5.73 Å². The van der Waals surface area contributed by atoms with E-state index in [-0.39, 0.29) is 5.82 Å².